The molecule has 10 aromatic rings. The molecule has 2 heteroatoms. The van der Waals surface area contributed by atoms with Gasteiger partial charge in [0.25, 0.3) is 0 Å². The van der Waals surface area contributed by atoms with Crippen molar-refractivity contribution in [3.8, 4) is 33.4 Å². The fourth-order valence-electron chi connectivity index (χ4n) is 7.62. The molecule has 0 spiro atoms. The largest absolute Gasteiger partial charge is 0.310 e. The Kier molecular flexibility index (Phi) is 7.41. The Morgan fingerprint density at radius 1 is 0.288 bits per heavy atom. The molecule has 0 bridgehead atoms. The van der Waals surface area contributed by atoms with Crippen LogP contribution in [0.25, 0.3) is 75.1 Å². The van der Waals surface area contributed by atoms with Crippen molar-refractivity contribution in [2.45, 2.75) is 0 Å². The van der Waals surface area contributed by atoms with Gasteiger partial charge in [0.05, 0.1) is 0 Å². The van der Waals surface area contributed by atoms with Gasteiger partial charge < -0.3 is 4.90 Å². The first-order valence-corrected chi connectivity index (χ1v) is 18.6. The summed E-state index contributed by atoms with van der Waals surface area (Å²) in [6, 6.07) is 73.0. The first-order valence-electron chi connectivity index (χ1n) is 17.7. The van der Waals surface area contributed by atoms with Crippen LogP contribution in [0, 0.1) is 0 Å². The maximum absolute atomic E-state index is 2.37. The van der Waals surface area contributed by atoms with Crippen molar-refractivity contribution in [1.29, 1.82) is 0 Å². The highest BCUT2D eigenvalue weighted by atomic mass is 32.1. The fraction of sp³-hybridized carbons (Fsp3) is 0. The molecular weight excluding hydrogens is 647 g/mol. The van der Waals surface area contributed by atoms with Gasteiger partial charge in [0, 0.05) is 37.2 Å². The van der Waals surface area contributed by atoms with E-state index in [0.717, 1.165) is 17.1 Å². The van der Waals surface area contributed by atoms with Gasteiger partial charge in [-0.15, -0.1) is 11.3 Å². The van der Waals surface area contributed by atoms with Crippen LogP contribution >= 0.6 is 11.3 Å². The Morgan fingerprint density at radius 2 is 0.865 bits per heavy atom. The third-order valence-corrected chi connectivity index (χ3v) is 11.4. The van der Waals surface area contributed by atoms with E-state index < -0.39 is 0 Å². The zero-order valence-electron chi connectivity index (χ0n) is 28.4. The van der Waals surface area contributed by atoms with Gasteiger partial charge in [-0.3, -0.25) is 0 Å². The van der Waals surface area contributed by atoms with Gasteiger partial charge in [-0.05, 0) is 110 Å². The zero-order valence-corrected chi connectivity index (χ0v) is 29.2. The van der Waals surface area contributed by atoms with Crippen LogP contribution in [0.5, 0.6) is 0 Å². The molecule has 9 aromatic carbocycles. The molecule has 0 unspecified atom stereocenters. The highest BCUT2D eigenvalue weighted by Gasteiger charge is 2.15. The summed E-state index contributed by atoms with van der Waals surface area (Å²) in [4.78, 5) is 2.37. The van der Waals surface area contributed by atoms with Gasteiger partial charge in [0.2, 0.25) is 0 Å². The van der Waals surface area contributed by atoms with Crippen molar-refractivity contribution in [1.82, 2.24) is 0 Å². The molecule has 1 aromatic heterocycles. The van der Waals surface area contributed by atoms with Crippen molar-refractivity contribution >= 4 is 70.1 Å². The Balaban J connectivity index is 1.06. The Bertz CT molecular complexity index is 2890. The second-order valence-corrected chi connectivity index (χ2v) is 14.5. The summed E-state index contributed by atoms with van der Waals surface area (Å²) >= 11 is 1.86. The SMILES string of the molecule is c1cc(-c2ccc3ccccc3c2)cc(N(c2ccc(-c3ccc4c(c3)sc3ccccc34)cc2)c2ccc(-c3cccc4ccccc34)cc2)c1. The Morgan fingerprint density at radius 3 is 1.69 bits per heavy atom. The maximum Gasteiger partial charge on any atom is 0.0467 e. The van der Waals surface area contributed by atoms with Crippen LogP contribution in [-0.2, 0) is 0 Å². The van der Waals surface area contributed by atoms with Gasteiger partial charge >= 0.3 is 0 Å². The van der Waals surface area contributed by atoms with Crippen molar-refractivity contribution in [3.63, 3.8) is 0 Å². The molecule has 0 atom stereocenters. The van der Waals surface area contributed by atoms with E-state index in [1.54, 1.807) is 0 Å². The van der Waals surface area contributed by atoms with Gasteiger partial charge in [-0.25, -0.2) is 0 Å². The highest BCUT2D eigenvalue weighted by molar-refractivity contribution is 7.25. The molecule has 0 fully saturated rings. The quantitative estimate of drug-likeness (QED) is 0.169. The second kappa shape index (κ2) is 12.7. The monoisotopic (exact) mass is 679 g/mol. The van der Waals surface area contributed by atoms with Gasteiger partial charge in [0.15, 0.2) is 0 Å². The van der Waals surface area contributed by atoms with Crippen LogP contribution in [0.3, 0.4) is 0 Å². The van der Waals surface area contributed by atoms with E-state index in [2.05, 4.69) is 205 Å². The maximum atomic E-state index is 2.37. The molecule has 244 valence electrons. The van der Waals surface area contributed by atoms with Crippen LogP contribution in [0.2, 0.25) is 0 Å². The summed E-state index contributed by atoms with van der Waals surface area (Å²) in [5.74, 6) is 0. The van der Waals surface area contributed by atoms with E-state index in [1.807, 2.05) is 11.3 Å². The lowest BCUT2D eigenvalue weighted by molar-refractivity contribution is 1.28. The van der Waals surface area contributed by atoms with Crippen LogP contribution in [0.15, 0.2) is 200 Å². The molecule has 1 nitrogen and oxygen atoms in total. The zero-order chi connectivity index (χ0) is 34.4. The summed E-state index contributed by atoms with van der Waals surface area (Å²) < 4.78 is 2.65. The normalized spacial score (nSPS) is 11.5. The summed E-state index contributed by atoms with van der Waals surface area (Å²) in [6.45, 7) is 0. The number of nitrogens with zero attached hydrogens (tertiary/aromatic N) is 1. The average molecular weight is 680 g/mol. The minimum absolute atomic E-state index is 1.11. The van der Waals surface area contributed by atoms with Crippen LogP contribution in [0.1, 0.15) is 0 Å². The van der Waals surface area contributed by atoms with E-state index in [4.69, 9.17) is 0 Å². The highest BCUT2D eigenvalue weighted by Crippen LogP contribution is 2.41. The van der Waals surface area contributed by atoms with Crippen molar-refractivity contribution < 1.29 is 0 Å². The van der Waals surface area contributed by atoms with Crippen LogP contribution in [-0.4, -0.2) is 0 Å². The van der Waals surface area contributed by atoms with Crippen LogP contribution in [0.4, 0.5) is 17.1 Å². The lowest BCUT2D eigenvalue weighted by Gasteiger charge is -2.26. The van der Waals surface area contributed by atoms with Crippen molar-refractivity contribution in [2.75, 3.05) is 4.90 Å². The molecule has 0 saturated heterocycles. The topological polar surface area (TPSA) is 3.24 Å². The molecule has 0 N–H and O–H groups in total. The summed E-state index contributed by atoms with van der Waals surface area (Å²) in [6.07, 6.45) is 0. The third-order valence-electron chi connectivity index (χ3n) is 10.3. The average Bonchev–Trinajstić information content (AvgIpc) is 3.59. The van der Waals surface area contributed by atoms with E-state index in [-0.39, 0.29) is 0 Å². The third kappa shape index (κ3) is 5.42. The minimum Gasteiger partial charge on any atom is -0.310 e. The van der Waals surface area contributed by atoms with E-state index in [9.17, 15) is 0 Å². The number of anilines is 3. The lowest BCUT2D eigenvalue weighted by Crippen LogP contribution is -2.10. The number of hydrogen-bond acceptors (Lipinski definition) is 2. The predicted molar refractivity (Wildman–Crippen MR) is 225 cm³/mol. The first-order chi connectivity index (χ1) is 25.7. The molecule has 0 radical (unpaired) electrons. The molecule has 10 rings (SSSR count). The summed E-state index contributed by atoms with van der Waals surface area (Å²) in [5, 5.41) is 7.67. The van der Waals surface area contributed by atoms with E-state index in [0.29, 0.717) is 0 Å². The standard InChI is InChI=1S/C50H33NS/c1-2-11-38-31-40(20-19-34(38)9-1)39-13-7-14-44(32-39)51(43-28-23-37(24-29-43)46-17-8-12-36-10-3-4-15-45(36)46)42-26-21-35(22-27-42)41-25-30-48-47-16-5-6-18-49(47)52-50(48)33-41/h1-33H. The number of thiophene rings is 1. The van der Waals surface area contributed by atoms with E-state index in [1.165, 1.54) is 75.1 Å². The number of rotatable bonds is 6. The Labute approximate surface area is 307 Å². The van der Waals surface area contributed by atoms with E-state index >= 15 is 0 Å². The van der Waals surface area contributed by atoms with Crippen molar-refractivity contribution in [3.05, 3.63) is 200 Å². The summed E-state index contributed by atoms with van der Waals surface area (Å²) in [7, 11) is 0. The molecule has 0 aliphatic carbocycles. The molecule has 52 heavy (non-hydrogen) atoms. The Hall–Kier alpha value is -6.48. The molecule has 0 aliphatic heterocycles. The molecule has 1 heterocycles. The van der Waals surface area contributed by atoms with Crippen molar-refractivity contribution in [2.24, 2.45) is 0 Å². The van der Waals surface area contributed by atoms with Gasteiger partial charge in [-0.1, -0.05) is 146 Å². The number of fused-ring (bicyclic) bond motifs is 5. The molecule has 0 saturated carbocycles. The molecule has 0 aliphatic rings. The first kappa shape index (κ1) is 30.4. The number of benzene rings is 9. The van der Waals surface area contributed by atoms with Gasteiger partial charge in [0.1, 0.15) is 0 Å². The van der Waals surface area contributed by atoms with Gasteiger partial charge in [-0.2, -0.15) is 0 Å². The predicted octanol–water partition coefficient (Wildman–Crippen LogP) is 14.8. The smallest absolute Gasteiger partial charge is 0.0467 e. The molecule has 0 amide bonds. The molecular formula is C50H33NS. The second-order valence-electron chi connectivity index (χ2n) is 13.4. The van der Waals surface area contributed by atoms with Crippen LogP contribution < -0.4 is 4.90 Å². The lowest BCUT2D eigenvalue weighted by atomic mass is 9.97. The number of hydrogen-bond donors (Lipinski definition) is 0. The fourth-order valence-corrected chi connectivity index (χ4v) is 8.76. The summed E-state index contributed by atoms with van der Waals surface area (Å²) in [5.41, 5.74) is 10.6. The minimum atomic E-state index is 1.11.